The van der Waals surface area contributed by atoms with Gasteiger partial charge in [0.25, 0.3) is 11.6 Å². The fourth-order valence-electron chi connectivity index (χ4n) is 2.80. The number of carbonyl (C=O) groups is 1. The predicted octanol–water partition coefficient (Wildman–Crippen LogP) is 5.63. The van der Waals surface area contributed by atoms with Gasteiger partial charge in [-0.15, -0.1) is 0 Å². The topological polar surface area (TPSA) is 85.4 Å². The molecule has 138 valence electrons. The lowest BCUT2D eigenvalue weighted by Crippen LogP contribution is -2.13. The highest BCUT2D eigenvalue weighted by Crippen LogP contribution is 2.31. The molecule has 0 spiro atoms. The van der Waals surface area contributed by atoms with Crippen molar-refractivity contribution in [2.75, 3.05) is 5.32 Å². The molecule has 0 aliphatic heterocycles. The summed E-state index contributed by atoms with van der Waals surface area (Å²) in [5, 5.41) is 14.0. The van der Waals surface area contributed by atoms with Crippen LogP contribution < -0.4 is 5.32 Å². The number of nitro benzene ring substituents is 1. The highest BCUT2D eigenvalue weighted by molar-refractivity contribution is 6.32. The molecule has 3 rings (SSSR count). The van der Waals surface area contributed by atoms with Crippen LogP contribution in [-0.4, -0.2) is 10.8 Å². The molecule has 0 aliphatic carbocycles. The van der Waals surface area contributed by atoms with Crippen molar-refractivity contribution in [2.24, 2.45) is 0 Å². The van der Waals surface area contributed by atoms with Gasteiger partial charge in [-0.2, -0.15) is 0 Å². The van der Waals surface area contributed by atoms with Crippen LogP contribution in [-0.2, 0) is 6.42 Å². The Kier molecular flexibility index (Phi) is 5.28. The third-order valence-corrected chi connectivity index (χ3v) is 4.56. The molecular formula is C20H17ClN2O4. The number of hydrogen-bond acceptors (Lipinski definition) is 4. The second kappa shape index (κ2) is 7.63. The van der Waals surface area contributed by atoms with E-state index in [1.54, 1.807) is 12.1 Å². The van der Waals surface area contributed by atoms with Gasteiger partial charge in [0.05, 0.1) is 4.92 Å². The van der Waals surface area contributed by atoms with Crippen LogP contribution in [0.25, 0.3) is 11.3 Å². The van der Waals surface area contributed by atoms with Crippen LogP contribution in [0.15, 0.2) is 52.9 Å². The first-order chi connectivity index (χ1) is 12.9. The van der Waals surface area contributed by atoms with Gasteiger partial charge in [-0.3, -0.25) is 14.9 Å². The zero-order chi connectivity index (χ0) is 19.6. The van der Waals surface area contributed by atoms with Crippen molar-refractivity contribution >= 4 is 28.9 Å². The number of carbonyl (C=O) groups excluding carboxylic acids is 1. The van der Waals surface area contributed by atoms with E-state index in [0.717, 1.165) is 23.2 Å². The number of benzene rings is 2. The van der Waals surface area contributed by atoms with Gasteiger partial charge in [0.15, 0.2) is 5.76 Å². The lowest BCUT2D eigenvalue weighted by molar-refractivity contribution is -0.384. The molecule has 0 saturated heterocycles. The molecular weight excluding hydrogens is 368 g/mol. The van der Waals surface area contributed by atoms with Crippen LogP contribution in [0.2, 0.25) is 5.02 Å². The summed E-state index contributed by atoms with van der Waals surface area (Å²) in [5.41, 5.74) is 3.01. The number of nitrogens with one attached hydrogen (secondary N) is 1. The fourth-order valence-corrected chi connectivity index (χ4v) is 2.98. The number of amides is 1. The van der Waals surface area contributed by atoms with Gasteiger partial charge in [-0.1, -0.05) is 36.7 Å². The summed E-state index contributed by atoms with van der Waals surface area (Å²) in [6.45, 7) is 3.94. The first-order valence-electron chi connectivity index (χ1n) is 8.34. The van der Waals surface area contributed by atoms with Gasteiger partial charge < -0.3 is 9.73 Å². The van der Waals surface area contributed by atoms with Crippen molar-refractivity contribution in [3.63, 3.8) is 0 Å². The predicted molar refractivity (Wildman–Crippen MR) is 104 cm³/mol. The molecule has 0 atom stereocenters. The van der Waals surface area contributed by atoms with Crippen molar-refractivity contribution in [1.29, 1.82) is 0 Å². The van der Waals surface area contributed by atoms with E-state index >= 15 is 0 Å². The van der Waals surface area contributed by atoms with Crippen LogP contribution >= 0.6 is 11.6 Å². The average Bonchev–Trinajstić information content (AvgIpc) is 3.13. The second-order valence-corrected chi connectivity index (χ2v) is 6.41. The Morgan fingerprint density at radius 2 is 2.00 bits per heavy atom. The number of nitrogens with zero attached hydrogens (tertiary/aromatic N) is 1. The molecule has 27 heavy (non-hydrogen) atoms. The van der Waals surface area contributed by atoms with Gasteiger partial charge in [0.2, 0.25) is 0 Å². The lowest BCUT2D eigenvalue weighted by Gasteiger charge is -2.11. The zero-order valence-electron chi connectivity index (χ0n) is 14.8. The minimum atomic E-state index is -0.563. The SMILES string of the molecule is CCc1cccc(C)c1NC(=O)c1ccc(-c2ccc(Cl)c([N+](=O)[O-])c2)o1. The summed E-state index contributed by atoms with van der Waals surface area (Å²) in [7, 11) is 0. The van der Waals surface area contributed by atoms with Crippen molar-refractivity contribution in [1.82, 2.24) is 0 Å². The number of rotatable bonds is 5. The van der Waals surface area contributed by atoms with E-state index in [-0.39, 0.29) is 22.4 Å². The molecule has 0 fully saturated rings. The van der Waals surface area contributed by atoms with Crippen molar-refractivity contribution in [2.45, 2.75) is 20.3 Å². The third kappa shape index (κ3) is 3.85. The average molecular weight is 385 g/mol. The Balaban J connectivity index is 1.87. The summed E-state index contributed by atoms with van der Waals surface area (Å²) < 4.78 is 5.61. The number of nitro groups is 1. The Labute approximate surface area is 160 Å². The molecule has 0 bridgehead atoms. The van der Waals surface area contributed by atoms with Gasteiger partial charge in [-0.05, 0) is 48.7 Å². The Morgan fingerprint density at radius 1 is 1.22 bits per heavy atom. The molecule has 0 unspecified atom stereocenters. The lowest BCUT2D eigenvalue weighted by atomic mass is 10.1. The van der Waals surface area contributed by atoms with Gasteiger partial charge in [-0.25, -0.2) is 0 Å². The molecule has 1 N–H and O–H groups in total. The molecule has 1 amide bonds. The van der Waals surface area contributed by atoms with Crippen LogP contribution in [0.4, 0.5) is 11.4 Å². The van der Waals surface area contributed by atoms with E-state index in [1.807, 2.05) is 32.0 Å². The number of aryl methyl sites for hydroxylation is 2. The minimum absolute atomic E-state index is 0.0416. The van der Waals surface area contributed by atoms with Gasteiger partial charge in [0.1, 0.15) is 10.8 Å². The summed E-state index contributed by atoms with van der Waals surface area (Å²) in [6.07, 6.45) is 0.787. The first-order valence-corrected chi connectivity index (χ1v) is 8.72. The van der Waals surface area contributed by atoms with Crippen molar-refractivity contribution in [3.8, 4) is 11.3 Å². The largest absolute Gasteiger partial charge is 0.451 e. The molecule has 0 saturated carbocycles. The summed E-state index contributed by atoms with van der Waals surface area (Å²) in [6, 6.07) is 13.3. The molecule has 1 heterocycles. The Bertz CT molecular complexity index is 1030. The molecule has 6 nitrogen and oxygen atoms in total. The molecule has 3 aromatic rings. The Hall–Kier alpha value is -3.12. The smallest absolute Gasteiger partial charge is 0.291 e. The number of halogens is 1. The number of anilines is 1. The van der Waals surface area contributed by atoms with Gasteiger partial charge >= 0.3 is 0 Å². The minimum Gasteiger partial charge on any atom is -0.451 e. The summed E-state index contributed by atoms with van der Waals surface area (Å²) in [4.78, 5) is 23.1. The third-order valence-electron chi connectivity index (χ3n) is 4.24. The van der Waals surface area contributed by atoms with Crippen molar-refractivity contribution < 1.29 is 14.1 Å². The Morgan fingerprint density at radius 3 is 2.70 bits per heavy atom. The summed E-state index contributed by atoms with van der Waals surface area (Å²) >= 11 is 5.83. The van der Waals surface area contributed by atoms with E-state index in [0.29, 0.717) is 11.3 Å². The van der Waals surface area contributed by atoms with Crippen LogP contribution in [0.3, 0.4) is 0 Å². The fraction of sp³-hybridized carbons (Fsp3) is 0.150. The zero-order valence-corrected chi connectivity index (χ0v) is 15.5. The quantitative estimate of drug-likeness (QED) is 0.456. The summed E-state index contributed by atoms with van der Waals surface area (Å²) in [5.74, 6) is 0.0852. The normalized spacial score (nSPS) is 10.6. The van der Waals surface area contributed by atoms with Crippen molar-refractivity contribution in [3.05, 3.63) is 80.6 Å². The maximum absolute atomic E-state index is 12.6. The maximum atomic E-state index is 12.6. The molecule has 0 radical (unpaired) electrons. The first kappa shape index (κ1) is 18.7. The van der Waals surface area contributed by atoms with Gasteiger partial charge in [0, 0.05) is 17.3 Å². The number of hydrogen-bond donors (Lipinski definition) is 1. The monoisotopic (exact) mass is 384 g/mol. The second-order valence-electron chi connectivity index (χ2n) is 6.00. The standard InChI is InChI=1S/C20H17ClN2O4/c1-3-13-6-4-5-12(2)19(13)22-20(24)18-10-9-17(27-18)14-7-8-15(21)16(11-14)23(25)26/h4-11H,3H2,1-2H3,(H,22,24). The van der Waals surface area contributed by atoms with E-state index in [4.69, 9.17) is 16.0 Å². The van der Waals surface area contributed by atoms with E-state index in [9.17, 15) is 14.9 Å². The molecule has 2 aromatic carbocycles. The number of furan rings is 1. The molecule has 1 aromatic heterocycles. The number of para-hydroxylation sites is 1. The highest BCUT2D eigenvalue weighted by atomic mass is 35.5. The van der Waals surface area contributed by atoms with E-state index in [1.165, 1.54) is 18.2 Å². The van der Waals surface area contributed by atoms with E-state index in [2.05, 4.69) is 5.32 Å². The highest BCUT2D eigenvalue weighted by Gasteiger charge is 2.18. The maximum Gasteiger partial charge on any atom is 0.291 e. The van der Waals surface area contributed by atoms with Crippen LogP contribution in [0.5, 0.6) is 0 Å². The molecule has 0 aliphatic rings. The van der Waals surface area contributed by atoms with Crippen LogP contribution in [0.1, 0.15) is 28.6 Å². The molecule has 7 heteroatoms. The van der Waals surface area contributed by atoms with E-state index < -0.39 is 4.92 Å². The van der Waals surface area contributed by atoms with Crippen LogP contribution in [0, 0.1) is 17.0 Å².